The number of aryl methyl sites for hydroxylation is 1. The van der Waals surface area contributed by atoms with Crippen LogP contribution in [0.3, 0.4) is 0 Å². The lowest BCUT2D eigenvalue weighted by atomic mass is 9.87. The fourth-order valence-electron chi connectivity index (χ4n) is 2.87. The van der Waals surface area contributed by atoms with Gasteiger partial charge in [0, 0.05) is 24.1 Å². The summed E-state index contributed by atoms with van der Waals surface area (Å²) in [6.45, 7) is 6.60. The highest BCUT2D eigenvalue weighted by Crippen LogP contribution is 2.34. The Bertz CT molecular complexity index is 400. The third-order valence-electron chi connectivity index (χ3n) is 3.78. The first-order valence-corrected chi connectivity index (χ1v) is 7.24. The van der Waals surface area contributed by atoms with Crippen molar-refractivity contribution in [2.75, 3.05) is 26.9 Å². The molecule has 3 nitrogen and oxygen atoms in total. The van der Waals surface area contributed by atoms with Crippen LogP contribution in [-0.4, -0.2) is 26.9 Å². The van der Waals surface area contributed by atoms with Gasteiger partial charge in [-0.1, -0.05) is 17.7 Å². The van der Waals surface area contributed by atoms with Crippen LogP contribution in [-0.2, 0) is 4.74 Å². The number of hydrogen-bond donors (Lipinski definition) is 1. The lowest BCUT2D eigenvalue weighted by molar-refractivity contribution is 0.0398. The van der Waals surface area contributed by atoms with Gasteiger partial charge in [-0.05, 0) is 39.8 Å². The first kappa shape index (κ1) is 14.4. The zero-order valence-electron chi connectivity index (χ0n) is 12.2. The Kier molecular flexibility index (Phi) is 5.23. The quantitative estimate of drug-likeness (QED) is 0.885. The van der Waals surface area contributed by atoms with Crippen LogP contribution in [0, 0.1) is 12.8 Å². The van der Waals surface area contributed by atoms with Crippen molar-refractivity contribution in [3.8, 4) is 5.75 Å². The van der Waals surface area contributed by atoms with Crippen molar-refractivity contribution in [2.45, 2.75) is 32.7 Å². The molecule has 1 saturated heterocycles. The first-order valence-electron chi connectivity index (χ1n) is 7.24. The molecule has 1 heterocycles. The molecular weight excluding hydrogens is 238 g/mol. The Labute approximate surface area is 116 Å². The monoisotopic (exact) mass is 263 g/mol. The average molecular weight is 263 g/mol. The van der Waals surface area contributed by atoms with Crippen molar-refractivity contribution in [2.24, 2.45) is 5.92 Å². The summed E-state index contributed by atoms with van der Waals surface area (Å²) >= 11 is 0. The second-order valence-electron chi connectivity index (χ2n) is 5.22. The molecule has 0 saturated carbocycles. The van der Waals surface area contributed by atoms with E-state index in [9.17, 15) is 0 Å². The largest absolute Gasteiger partial charge is 0.494 e. The minimum absolute atomic E-state index is 0.307. The molecule has 106 valence electrons. The summed E-state index contributed by atoms with van der Waals surface area (Å²) in [6, 6.07) is 6.74. The highest BCUT2D eigenvalue weighted by Gasteiger charge is 2.26. The van der Waals surface area contributed by atoms with E-state index >= 15 is 0 Å². The highest BCUT2D eigenvalue weighted by molar-refractivity contribution is 5.39. The molecule has 3 heteroatoms. The topological polar surface area (TPSA) is 30.5 Å². The lowest BCUT2D eigenvalue weighted by Gasteiger charge is -2.31. The average Bonchev–Trinajstić information content (AvgIpc) is 2.44. The Hall–Kier alpha value is -1.06. The molecule has 1 aromatic carbocycles. The van der Waals surface area contributed by atoms with Crippen LogP contribution < -0.4 is 10.1 Å². The smallest absolute Gasteiger partial charge is 0.124 e. The maximum absolute atomic E-state index is 5.78. The van der Waals surface area contributed by atoms with Gasteiger partial charge in [-0.15, -0.1) is 0 Å². The summed E-state index contributed by atoms with van der Waals surface area (Å²) in [5.41, 5.74) is 2.54. The molecule has 0 amide bonds. The minimum atomic E-state index is 0.307. The molecule has 0 aromatic heterocycles. The van der Waals surface area contributed by atoms with Gasteiger partial charge in [0.1, 0.15) is 5.75 Å². The predicted molar refractivity (Wildman–Crippen MR) is 77.7 cm³/mol. The van der Waals surface area contributed by atoms with E-state index in [-0.39, 0.29) is 0 Å². The standard InChI is InChI=1S/C16H25NO2/c1-4-19-15-8-7-12(2)10-14(15)16(17-3)13-6-5-9-18-11-13/h7-8,10,13,16-17H,4-6,9,11H2,1-3H3. The number of rotatable bonds is 5. The summed E-state index contributed by atoms with van der Waals surface area (Å²) in [5.74, 6) is 1.53. The molecular formula is C16H25NO2. The Morgan fingerprint density at radius 1 is 1.47 bits per heavy atom. The summed E-state index contributed by atoms with van der Waals surface area (Å²) in [6.07, 6.45) is 2.36. The second-order valence-corrected chi connectivity index (χ2v) is 5.22. The molecule has 1 N–H and O–H groups in total. The molecule has 0 spiro atoms. The second kappa shape index (κ2) is 6.92. The maximum atomic E-state index is 5.78. The van der Waals surface area contributed by atoms with Crippen LogP contribution in [0.5, 0.6) is 5.75 Å². The summed E-state index contributed by atoms with van der Waals surface area (Å²) < 4.78 is 11.4. The Balaban J connectivity index is 2.27. The van der Waals surface area contributed by atoms with E-state index in [4.69, 9.17) is 9.47 Å². The van der Waals surface area contributed by atoms with E-state index < -0.39 is 0 Å². The lowest BCUT2D eigenvalue weighted by Crippen LogP contribution is -2.31. The van der Waals surface area contributed by atoms with Gasteiger partial charge in [0.25, 0.3) is 0 Å². The van der Waals surface area contributed by atoms with E-state index in [1.807, 2.05) is 14.0 Å². The highest BCUT2D eigenvalue weighted by atomic mass is 16.5. The molecule has 1 fully saturated rings. The molecule has 0 aliphatic carbocycles. The molecule has 2 rings (SSSR count). The van der Waals surface area contributed by atoms with Gasteiger partial charge < -0.3 is 14.8 Å². The van der Waals surface area contributed by atoms with Crippen molar-refractivity contribution >= 4 is 0 Å². The fraction of sp³-hybridized carbons (Fsp3) is 0.625. The maximum Gasteiger partial charge on any atom is 0.124 e. The van der Waals surface area contributed by atoms with Crippen LogP contribution >= 0.6 is 0 Å². The zero-order chi connectivity index (χ0) is 13.7. The third kappa shape index (κ3) is 3.48. The Morgan fingerprint density at radius 3 is 2.95 bits per heavy atom. The van der Waals surface area contributed by atoms with Crippen molar-refractivity contribution in [1.29, 1.82) is 0 Å². The minimum Gasteiger partial charge on any atom is -0.494 e. The number of hydrogen-bond acceptors (Lipinski definition) is 3. The molecule has 2 unspecified atom stereocenters. The van der Waals surface area contributed by atoms with Crippen LogP contribution in [0.1, 0.15) is 36.9 Å². The summed E-state index contributed by atoms with van der Waals surface area (Å²) in [5, 5.41) is 3.45. The van der Waals surface area contributed by atoms with Gasteiger partial charge in [-0.25, -0.2) is 0 Å². The molecule has 1 aliphatic heterocycles. The van der Waals surface area contributed by atoms with E-state index in [0.29, 0.717) is 18.6 Å². The molecule has 0 bridgehead atoms. The number of ether oxygens (including phenoxy) is 2. The van der Waals surface area contributed by atoms with Gasteiger partial charge in [0.15, 0.2) is 0 Å². The van der Waals surface area contributed by atoms with Crippen molar-refractivity contribution < 1.29 is 9.47 Å². The molecule has 19 heavy (non-hydrogen) atoms. The van der Waals surface area contributed by atoms with Crippen LogP contribution in [0.25, 0.3) is 0 Å². The van der Waals surface area contributed by atoms with Gasteiger partial charge in [-0.3, -0.25) is 0 Å². The summed E-state index contributed by atoms with van der Waals surface area (Å²) in [4.78, 5) is 0. The van der Waals surface area contributed by atoms with Crippen LogP contribution in [0.2, 0.25) is 0 Å². The third-order valence-corrected chi connectivity index (χ3v) is 3.78. The zero-order valence-corrected chi connectivity index (χ0v) is 12.2. The first-order chi connectivity index (χ1) is 9.26. The van der Waals surface area contributed by atoms with E-state index in [1.165, 1.54) is 17.5 Å². The van der Waals surface area contributed by atoms with Crippen LogP contribution in [0.15, 0.2) is 18.2 Å². The van der Waals surface area contributed by atoms with Crippen molar-refractivity contribution in [1.82, 2.24) is 5.32 Å². The van der Waals surface area contributed by atoms with Gasteiger partial charge >= 0.3 is 0 Å². The number of benzene rings is 1. The van der Waals surface area contributed by atoms with Crippen LogP contribution in [0.4, 0.5) is 0 Å². The van der Waals surface area contributed by atoms with Gasteiger partial charge in [0.05, 0.1) is 13.2 Å². The number of nitrogens with one attached hydrogen (secondary N) is 1. The molecule has 0 radical (unpaired) electrons. The summed E-state index contributed by atoms with van der Waals surface area (Å²) in [7, 11) is 2.03. The molecule has 1 aromatic rings. The van der Waals surface area contributed by atoms with Crippen molar-refractivity contribution in [3.05, 3.63) is 29.3 Å². The van der Waals surface area contributed by atoms with Gasteiger partial charge in [-0.2, -0.15) is 0 Å². The molecule has 2 atom stereocenters. The van der Waals surface area contributed by atoms with Crippen molar-refractivity contribution in [3.63, 3.8) is 0 Å². The molecule has 1 aliphatic rings. The van der Waals surface area contributed by atoms with Gasteiger partial charge in [0.2, 0.25) is 0 Å². The predicted octanol–water partition coefficient (Wildman–Crippen LogP) is 3.08. The normalized spacial score (nSPS) is 21.1. The fourth-order valence-corrected chi connectivity index (χ4v) is 2.87. The van der Waals surface area contributed by atoms with E-state index in [0.717, 1.165) is 25.4 Å². The van der Waals surface area contributed by atoms with E-state index in [2.05, 4.69) is 30.4 Å². The van der Waals surface area contributed by atoms with E-state index in [1.54, 1.807) is 0 Å². The SMILES string of the molecule is CCOc1ccc(C)cc1C(NC)C1CCCOC1. The Morgan fingerprint density at radius 2 is 2.32 bits per heavy atom.